The Kier molecular flexibility index (Phi) is 14.6. The molecule has 1 amide bonds. The number of H-pyrrole nitrogens is 1. The number of hydrogen-bond acceptors (Lipinski definition) is 10. The minimum Gasteiger partial charge on any atom is -0.481 e. The minimum atomic E-state index is -0.806. The largest absolute Gasteiger partial charge is 0.481 e. The first kappa shape index (κ1) is 44.2. The Morgan fingerprint density at radius 3 is 1.70 bits per heavy atom. The SMILES string of the molecule is CC(C)(C)OC(=O)N1CCC(Cc2ccccc2)(C(=O)O)CC1.NC1(Cc2ccccc2)CCN(c2ncnc3nc[nH]c23)CC1.NC1(Cc2ccccc2)CCNCC1. The summed E-state index contributed by atoms with van der Waals surface area (Å²) in [5.74, 6) is 0.138. The molecular weight excluding hydrogens is 755 g/mol. The molecule has 3 fully saturated rings. The maximum atomic E-state index is 12.1. The number of nitrogens with one attached hydrogen (secondary N) is 2. The first-order valence-corrected chi connectivity index (χ1v) is 21.2. The van der Waals surface area contributed by atoms with Crippen LogP contribution in [0.15, 0.2) is 104 Å². The van der Waals surface area contributed by atoms with Gasteiger partial charge in [0.05, 0.1) is 11.7 Å². The van der Waals surface area contributed by atoms with Gasteiger partial charge in [0, 0.05) is 37.3 Å². The Hall–Kier alpha value is -5.37. The lowest BCUT2D eigenvalue weighted by Crippen LogP contribution is -2.52. The predicted molar refractivity (Wildman–Crippen MR) is 237 cm³/mol. The van der Waals surface area contributed by atoms with Gasteiger partial charge in [0.1, 0.15) is 17.4 Å². The highest BCUT2D eigenvalue weighted by atomic mass is 16.6. The van der Waals surface area contributed by atoms with Crippen molar-refractivity contribution >= 4 is 29.0 Å². The number of amides is 1. The van der Waals surface area contributed by atoms with Gasteiger partial charge < -0.3 is 41.4 Å². The molecule has 0 radical (unpaired) electrons. The van der Waals surface area contributed by atoms with Crippen molar-refractivity contribution in [2.45, 2.75) is 95.2 Å². The van der Waals surface area contributed by atoms with Crippen LogP contribution in [0.25, 0.3) is 11.2 Å². The van der Waals surface area contributed by atoms with Crippen molar-refractivity contribution in [3.63, 3.8) is 0 Å². The Labute approximate surface area is 354 Å². The van der Waals surface area contributed by atoms with Gasteiger partial charge in [-0.1, -0.05) is 91.0 Å². The number of ether oxygens (including phenoxy) is 1. The van der Waals surface area contributed by atoms with Crippen molar-refractivity contribution in [3.05, 3.63) is 120 Å². The number of aliphatic carboxylic acids is 1. The van der Waals surface area contributed by atoms with Gasteiger partial charge in [-0.25, -0.2) is 19.7 Å². The van der Waals surface area contributed by atoms with Gasteiger partial charge in [-0.3, -0.25) is 4.79 Å². The fraction of sp³-hybridized carbons (Fsp3) is 0.468. The van der Waals surface area contributed by atoms with E-state index in [1.54, 1.807) is 17.6 Å². The van der Waals surface area contributed by atoms with Crippen LogP contribution in [0.2, 0.25) is 0 Å². The number of fused-ring (bicyclic) bond motifs is 1. The normalized spacial score (nSPS) is 18.3. The number of likely N-dealkylation sites (tertiary alicyclic amines) is 1. The predicted octanol–water partition coefficient (Wildman–Crippen LogP) is 6.53. The average molecular weight is 818 g/mol. The lowest BCUT2D eigenvalue weighted by Gasteiger charge is -2.40. The summed E-state index contributed by atoms with van der Waals surface area (Å²) in [6.45, 7) is 10.2. The topological polar surface area (TPSA) is 189 Å². The van der Waals surface area contributed by atoms with Gasteiger partial charge in [-0.2, -0.15) is 0 Å². The first-order valence-electron chi connectivity index (χ1n) is 21.2. The van der Waals surface area contributed by atoms with Gasteiger partial charge in [0.15, 0.2) is 11.5 Å². The van der Waals surface area contributed by atoms with Gasteiger partial charge in [-0.15, -0.1) is 0 Å². The number of imidazole rings is 1. The highest BCUT2D eigenvalue weighted by molar-refractivity contribution is 5.82. The van der Waals surface area contributed by atoms with E-state index in [9.17, 15) is 14.7 Å². The smallest absolute Gasteiger partial charge is 0.410 e. The molecule has 13 nitrogen and oxygen atoms in total. The minimum absolute atomic E-state index is 0.0204. The van der Waals surface area contributed by atoms with Crippen LogP contribution in [-0.2, 0) is 28.8 Å². The number of benzene rings is 3. The molecule has 3 saturated heterocycles. The van der Waals surface area contributed by atoms with Crippen LogP contribution in [0.5, 0.6) is 0 Å². The Bertz CT molecular complexity index is 2090. The van der Waals surface area contributed by atoms with E-state index < -0.39 is 17.0 Å². The Morgan fingerprint density at radius 1 is 0.700 bits per heavy atom. The molecular formula is C47H63N9O4. The van der Waals surface area contributed by atoms with Crippen molar-refractivity contribution in [2.75, 3.05) is 44.2 Å². The zero-order valence-corrected chi connectivity index (χ0v) is 35.5. The summed E-state index contributed by atoms with van der Waals surface area (Å²) < 4.78 is 5.36. The second kappa shape index (κ2) is 19.8. The van der Waals surface area contributed by atoms with E-state index in [-0.39, 0.29) is 17.2 Å². The number of aromatic nitrogens is 4. The molecule has 0 aliphatic carbocycles. The van der Waals surface area contributed by atoms with Crippen LogP contribution in [0.3, 0.4) is 0 Å². The van der Waals surface area contributed by atoms with Gasteiger partial charge in [0.2, 0.25) is 0 Å². The molecule has 0 atom stereocenters. The molecule has 60 heavy (non-hydrogen) atoms. The number of aromatic amines is 1. The van der Waals surface area contributed by atoms with E-state index in [1.807, 2.05) is 57.2 Å². The van der Waals surface area contributed by atoms with E-state index in [2.05, 4.69) is 84.7 Å². The Morgan fingerprint density at radius 2 is 1.20 bits per heavy atom. The molecule has 13 heteroatoms. The summed E-state index contributed by atoms with van der Waals surface area (Å²) in [5, 5.41) is 13.1. The van der Waals surface area contributed by atoms with Crippen molar-refractivity contribution in [2.24, 2.45) is 16.9 Å². The lowest BCUT2D eigenvalue weighted by atomic mass is 9.74. The molecule has 0 spiro atoms. The third-order valence-electron chi connectivity index (χ3n) is 11.9. The molecule has 3 aromatic carbocycles. The summed E-state index contributed by atoms with van der Waals surface area (Å²) in [6, 6.07) is 30.7. The number of piperidine rings is 3. The first-order chi connectivity index (χ1) is 28.7. The van der Waals surface area contributed by atoms with Crippen molar-refractivity contribution in [1.29, 1.82) is 0 Å². The van der Waals surface area contributed by atoms with Crippen LogP contribution in [0.4, 0.5) is 10.6 Å². The number of carboxylic acids is 1. The van der Waals surface area contributed by atoms with E-state index in [1.165, 1.54) is 11.1 Å². The second-order valence-corrected chi connectivity index (χ2v) is 17.8. The zero-order valence-electron chi connectivity index (χ0n) is 35.5. The molecule has 320 valence electrons. The maximum Gasteiger partial charge on any atom is 0.410 e. The van der Waals surface area contributed by atoms with Crippen LogP contribution in [0.1, 0.15) is 76.0 Å². The fourth-order valence-corrected chi connectivity index (χ4v) is 8.34. The number of anilines is 1. The molecule has 5 heterocycles. The van der Waals surface area contributed by atoms with Crippen molar-refractivity contribution < 1.29 is 19.4 Å². The number of hydrogen-bond donors (Lipinski definition) is 5. The molecule has 0 saturated carbocycles. The van der Waals surface area contributed by atoms with Gasteiger partial charge in [0.25, 0.3) is 0 Å². The highest BCUT2D eigenvalue weighted by Gasteiger charge is 2.43. The second-order valence-electron chi connectivity index (χ2n) is 17.8. The van der Waals surface area contributed by atoms with Crippen LogP contribution in [0, 0.1) is 5.41 Å². The standard InChI is InChI=1S/C18H25NO4.C17H20N6.C12H18N2/c1-17(2,3)23-16(22)19-11-9-18(10-12-19,15(20)21)13-14-7-5-4-6-8-14;18-17(10-13-4-2-1-3-5-13)6-8-23(9-7-17)16-14-15(20-11-19-14)21-12-22-16;13-12(6-8-14-9-7-12)10-11-4-2-1-3-5-11/h4-8H,9-13H2,1-3H3,(H,20,21);1-5,11-12H,6-10,18H2,(H,19,20,21,22);1-5,14H,6-10,13H2. The van der Waals surface area contributed by atoms with Crippen LogP contribution < -0.4 is 21.7 Å². The molecule has 2 aromatic heterocycles. The van der Waals surface area contributed by atoms with Crippen molar-refractivity contribution in [3.8, 4) is 0 Å². The summed E-state index contributed by atoms with van der Waals surface area (Å²) in [6.07, 6.45) is 10.2. The number of carbonyl (C=O) groups excluding carboxylic acids is 1. The molecule has 3 aliphatic heterocycles. The van der Waals surface area contributed by atoms with Crippen molar-refractivity contribution in [1.82, 2.24) is 30.2 Å². The average Bonchev–Trinajstić information content (AvgIpc) is 3.72. The molecule has 8 rings (SSSR count). The fourth-order valence-electron chi connectivity index (χ4n) is 8.34. The quantitative estimate of drug-likeness (QED) is 0.115. The summed E-state index contributed by atoms with van der Waals surface area (Å²) in [5.41, 5.74) is 16.8. The summed E-state index contributed by atoms with van der Waals surface area (Å²) >= 11 is 0. The number of nitrogens with two attached hydrogens (primary N) is 2. The molecule has 5 aromatic rings. The molecule has 7 N–H and O–H groups in total. The zero-order chi connectivity index (χ0) is 42.6. The van der Waals surface area contributed by atoms with E-state index in [4.69, 9.17) is 16.2 Å². The lowest BCUT2D eigenvalue weighted by molar-refractivity contribution is -0.152. The third kappa shape index (κ3) is 12.3. The van der Waals surface area contributed by atoms with E-state index >= 15 is 0 Å². The summed E-state index contributed by atoms with van der Waals surface area (Å²) in [4.78, 5) is 43.8. The van der Waals surface area contributed by atoms with Gasteiger partial charge >= 0.3 is 12.1 Å². The van der Waals surface area contributed by atoms with E-state index in [0.29, 0.717) is 38.0 Å². The van der Waals surface area contributed by atoms with Crippen LogP contribution >= 0.6 is 0 Å². The number of carbonyl (C=O) groups is 2. The monoisotopic (exact) mass is 818 g/mol. The highest BCUT2D eigenvalue weighted by Crippen LogP contribution is 2.36. The third-order valence-corrected chi connectivity index (χ3v) is 11.9. The Balaban J connectivity index is 0.000000156. The summed E-state index contributed by atoms with van der Waals surface area (Å²) in [7, 11) is 0. The number of nitrogens with zero attached hydrogens (tertiary/aromatic N) is 5. The number of carboxylic acid groups (broad SMARTS) is 1. The molecule has 0 unspecified atom stereocenters. The number of rotatable bonds is 8. The van der Waals surface area contributed by atoms with Crippen LogP contribution in [-0.4, -0.2) is 98.0 Å². The molecule has 3 aliphatic rings. The van der Waals surface area contributed by atoms with E-state index in [0.717, 1.165) is 81.6 Å². The maximum absolute atomic E-state index is 12.1. The molecule has 0 bridgehead atoms. The van der Waals surface area contributed by atoms with Gasteiger partial charge in [-0.05, 0) is 108 Å².